The minimum Gasteiger partial charge on any atom is -0.493 e. The van der Waals surface area contributed by atoms with Crippen molar-refractivity contribution in [3.8, 4) is 17.2 Å². The lowest BCUT2D eigenvalue weighted by molar-refractivity contribution is 0.0587. The molecule has 32 heavy (non-hydrogen) atoms. The van der Waals surface area contributed by atoms with Gasteiger partial charge in [0.05, 0.1) is 18.3 Å². The van der Waals surface area contributed by atoms with Crippen LogP contribution >= 0.6 is 11.3 Å². The number of methoxy groups -OCH3 is 1. The number of amides is 1. The number of carbonyl (C=O) groups is 1. The molecule has 3 aromatic rings. The lowest BCUT2D eigenvalue weighted by Gasteiger charge is -2.32. The second kappa shape index (κ2) is 9.95. The van der Waals surface area contributed by atoms with Crippen molar-refractivity contribution in [3.05, 3.63) is 70.2 Å². The van der Waals surface area contributed by atoms with E-state index in [1.807, 2.05) is 5.38 Å². The monoisotopic (exact) mass is 460 g/mol. The van der Waals surface area contributed by atoms with Gasteiger partial charge in [-0.25, -0.2) is 13.8 Å². The summed E-state index contributed by atoms with van der Waals surface area (Å²) < 4.78 is 43.7. The molecule has 168 valence electrons. The first-order valence-electron chi connectivity index (χ1n) is 10.1. The van der Waals surface area contributed by atoms with E-state index in [4.69, 9.17) is 14.2 Å². The predicted molar refractivity (Wildman–Crippen MR) is 115 cm³/mol. The maximum absolute atomic E-state index is 13.8. The highest BCUT2D eigenvalue weighted by Crippen LogP contribution is 2.30. The van der Waals surface area contributed by atoms with Crippen LogP contribution in [0.1, 0.15) is 28.9 Å². The maximum Gasteiger partial charge on any atom is 0.253 e. The first-order chi connectivity index (χ1) is 15.5. The van der Waals surface area contributed by atoms with E-state index in [2.05, 4.69) is 4.98 Å². The zero-order chi connectivity index (χ0) is 22.5. The molecule has 9 heteroatoms. The third kappa shape index (κ3) is 5.16. The number of benzene rings is 2. The Morgan fingerprint density at radius 2 is 1.91 bits per heavy atom. The number of nitrogens with zero attached hydrogens (tertiary/aromatic N) is 2. The highest BCUT2D eigenvalue weighted by atomic mass is 32.1. The smallest absolute Gasteiger partial charge is 0.253 e. The van der Waals surface area contributed by atoms with E-state index < -0.39 is 11.6 Å². The zero-order valence-electron chi connectivity index (χ0n) is 17.4. The van der Waals surface area contributed by atoms with Gasteiger partial charge in [0.1, 0.15) is 18.5 Å². The molecule has 0 atom stereocenters. The largest absolute Gasteiger partial charge is 0.493 e. The Morgan fingerprint density at radius 1 is 1.12 bits per heavy atom. The van der Waals surface area contributed by atoms with Gasteiger partial charge in [0, 0.05) is 42.9 Å². The summed E-state index contributed by atoms with van der Waals surface area (Å²) in [5.41, 5.74) is 3.05. The Hall–Kier alpha value is -3.20. The SMILES string of the molecule is COc1cc(C(=O)N2CCC(Oc3ccc(F)cc3F)CC2)ccc1OCc1cscn1. The van der Waals surface area contributed by atoms with Crippen LogP contribution < -0.4 is 14.2 Å². The summed E-state index contributed by atoms with van der Waals surface area (Å²) in [7, 11) is 1.52. The van der Waals surface area contributed by atoms with Crippen LogP contribution in [0.25, 0.3) is 0 Å². The van der Waals surface area contributed by atoms with E-state index in [1.54, 1.807) is 28.6 Å². The molecule has 1 saturated heterocycles. The van der Waals surface area contributed by atoms with E-state index >= 15 is 0 Å². The standard InChI is InChI=1S/C23H22F2N2O4S/c1-29-22-10-15(2-4-21(22)30-12-17-13-32-14-26-17)23(28)27-8-6-18(7-9-27)31-20-5-3-16(24)11-19(20)25/h2-5,10-11,13-14,18H,6-9,12H2,1H3. The van der Waals surface area contributed by atoms with Crippen molar-refractivity contribution in [3.63, 3.8) is 0 Å². The number of ether oxygens (including phenoxy) is 3. The van der Waals surface area contributed by atoms with E-state index in [0.29, 0.717) is 49.6 Å². The lowest BCUT2D eigenvalue weighted by atomic mass is 10.1. The Balaban J connectivity index is 1.35. The molecule has 1 aliphatic rings. The topological polar surface area (TPSA) is 60.9 Å². The van der Waals surface area contributed by atoms with E-state index in [9.17, 15) is 13.6 Å². The number of rotatable bonds is 7. The van der Waals surface area contributed by atoms with Gasteiger partial charge in [-0.15, -0.1) is 11.3 Å². The molecule has 0 aliphatic carbocycles. The molecule has 0 unspecified atom stereocenters. The molecule has 0 radical (unpaired) electrons. The van der Waals surface area contributed by atoms with Crippen LogP contribution in [0.2, 0.25) is 0 Å². The van der Waals surface area contributed by atoms with Crippen molar-refractivity contribution >= 4 is 17.2 Å². The van der Waals surface area contributed by atoms with Crippen LogP contribution in [-0.4, -0.2) is 42.1 Å². The molecule has 0 saturated carbocycles. The molecule has 1 amide bonds. The predicted octanol–water partition coefficient (Wildman–Crippen LogP) is 4.69. The van der Waals surface area contributed by atoms with Crippen molar-refractivity contribution < 1.29 is 27.8 Å². The quantitative estimate of drug-likeness (QED) is 0.512. The van der Waals surface area contributed by atoms with Crippen LogP contribution in [-0.2, 0) is 6.61 Å². The third-order valence-electron chi connectivity index (χ3n) is 5.19. The molecular weight excluding hydrogens is 438 g/mol. The highest BCUT2D eigenvalue weighted by Gasteiger charge is 2.26. The summed E-state index contributed by atoms with van der Waals surface area (Å²) in [5, 5.41) is 1.90. The Morgan fingerprint density at radius 3 is 2.59 bits per heavy atom. The van der Waals surface area contributed by atoms with E-state index in [0.717, 1.165) is 17.8 Å². The Labute approximate surface area is 188 Å². The lowest BCUT2D eigenvalue weighted by Crippen LogP contribution is -2.41. The first-order valence-corrected chi connectivity index (χ1v) is 11.1. The van der Waals surface area contributed by atoms with Gasteiger partial charge in [0.25, 0.3) is 5.91 Å². The fourth-order valence-corrected chi connectivity index (χ4v) is 4.03. The molecule has 2 aromatic carbocycles. The molecule has 1 aromatic heterocycles. The minimum atomic E-state index is -0.729. The van der Waals surface area contributed by atoms with Gasteiger partial charge in [-0.3, -0.25) is 4.79 Å². The first kappa shape index (κ1) is 22.0. The molecule has 1 aliphatic heterocycles. The summed E-state index contributed by atoms with van der Waals surface area (Å²) in [5.74, 6) is -0.477. The number of hydrogen-bond acceptors (Lipinski definition) is 6. The molecule has 4 rings (SSSR count). The Bertz CT molecular complexity index is 1070. The minimum absolute atomic E-state index is 0.0224. The van der Waals surface area contributed by atoms with Crippen molar-refractivity contribution in [1.82, 2.24) is 9.88 Å². The fourth-order valence-electron chi connectivity index (χ4n) is 3.49. The van der Waals surface area contributed by atoms with Gasteiger partial charge in [-0.1, -0.05) is 0 Å². The van der Waals surface area contributed by atoms with E-state index in [-0.39, 0.29) is 17.8 Å². The molecule has 1 fully saturated rings. The van der Waals surface area contributed by atoms with Crippen molar-refractivity contribution in [1.29, 1.82) is 0 Å². The third-order valence-corrected chi connectivity index (χ3v) is 5.82. The summed E-state index contributed by atoms with van der Waals surface area (Å²) >= 11 is 1.49. The number of hydrogen-bond donors (Lipinski definition) is 0. The van der Waals surface area contributed by atoms with Crippen molar-refractivity contribution in [2.75, 3.05) is 20.2 Å². The van der Waals surface area contributed by atoms with Crippen LogP contribution in [0.3, 0.4) is 0 Å². The van der Waals surface area contributed by atoms with E-state index in [1.165, 1.54) is 24.5 Å². The number of piperidine rings is 1. The maximum atomic E-state index is 13.8. The number of thiazole rings is 1. The van der Waals surface area contributed by atoms with Gasteiger partial charge in [0.2, 0.25) is 0 Å². The van der Waals surface area contributed by atoms with Gasteiger partial charge >= 0.3 is 0 Å². The molecule has 0 N–H and O–H groups in total. The number of halogens is 2. The van der Waals surface area contributed by atoms with Crippen molar-refractivity contribution in [2.24, 2.45) is 0 Å². The van der Waals surface area contributed by atoms with Crippen molar-refractivity contribution in [2.45, 2.75) is 25.6 Å². The number of carbonyl (C=O) groups excluding carboxylic acids is 1. The second-order valence-corrected chi connectivity index (χ2v) is 8.04. The fraction of sp³-hybridized carbons (Fsp3) is 0.304. The number of aromatic nitrogens is 1. The molecule has 0 bridgehead atoms. The van der Waals surface area contributed by atoms with Crippen LogP contribution in [0, 0.1) is 11.6 Å². The van der Waals surface area contributed by atoms with Crippen LogP contribution in [0.4, 0.5) is 8.78 Å². The number of likely N-dealkylation sites (tertiary alicyclic amines) is 1. The summed E-state index contributed by atoms with van der Waals surface area (Å²) in [4.78, 5) is 18.9. The highest BCUT2D eigenvalue weighted by molar-refractivity contribution is 7.07. The van der Waals surface area contributed by atoms with Gasteiger partial charge in [-0.2, -0.15) is 0 Å². The molecular formula is C23H22F2N2O4S. The van der Waals surface area contributed by atoms with Crippen LogP contribution in [0.5, 0.6) is 17.2 Å². The zero-order valence-corrected chi connectivity index (χ0v) is 18.2. The average Bonchev–Trinajstić information content (AvgIpc) is 3.33. The Kier molecular flexibility index (Phi) is 6.84. The summed E-state index contributed by atoms with van der Waals surface area (Å²) in [6, 6.07) is 8.32. The van der Waals surface area contributed by atoms with Gasteiger partial charge in [-0.05, 0) is 30.3 Å². The average molecular weight is 461 g/mol. The summed E-state index contributed by atoms with van der Waals surface area (Å²) in [6.07, 6.45) is 0.860. The normalized spacial score (nSPS) is 14.3. The second-order valence-electron chi connectivity index (χ2n) is 7.32. The van der Waals surface area contributed by atoms with Gasteiger partial charge < -0.3 is 19.1 Å². The molecule has 6 nitrogen and oxygen atoms in total. The molecule has 0 spiro atoms. The van der Waals surface area contributed by atoms with Gasteiger partial charge in [0.15, 0.2) is 23.1 Å². The summed E-state index contributed by atoms with van der Waals surface area (Å²) in [6.45, 7) is 1.25. The molecule has 2 heterocycles. The van der Waals surface area contributed by atoms with Crippen LogP contribution in [0.15, 0.2) is 47.3 Å².